The van der Waals surface area contributed by atoms with Gasteiger partial charge >= 0.3 is 0 Å². The van der Waals surface area contributed by atoms with Crippen LogP contribution in [-0.2, 0) is 16.4 Å². The fourth-order valence-electron chi connectivity index (χ4n) is 3.50. The summed E-state index contributed by atoms with van der Waals surface area (Å²) >= 11 is 0. The van der Waals surface area contributed by atoms with E-state index >= 15 is 0 Å². The van der Waals surface area contributed by atoms with Crippen molar-refractivity contribution >= 4 is 27.3 Å². The van der Waals surface area contributed by atoms with Gasteiger partial charge in [0.15, 0.2) is 0 Å². The second-order valence-corrected chi connectivity index (χ2v) is 9.04. The predicted molar refractivity (Wildman–Crippen MR) is 110 cm³/mol. The summed E-state index contributed by atoms with van der Waals surface area (Å²) in [4.78, 5) is 12.8. The van der Waals surface area contributed by atoms with Crippen LogP contribution in [-0.4, -0.2) is 27.1 Å². The van der Waals surface area contributed by atoms with Gasteiger partial charge in [0.1, 0.15) is 0 Å². The first-order chi connectivity index (χ1) is 12.8. The first-order valence-corrected chi connectivity index (χ1v) is 11.2. The van der Waals surface area contributed by atoms with Gasteiger partial charge in [0.2, 0.25) is 10.0 Å². The average molecular weight is 387 g/mol. The van der Waals surface area contributed by atoms with Gasteiger partial charge in [0.25, 0.3) is 5.91 Å². The summed E-state index contributed by atoms with van der Waals surface area (Å²) < 4.78 is 25.4. The van der Waals surface area contributed by atoms with E-state index in [0.717, 1.165) is 36.1 Å². The van der Waals surface area contributed by atoms with Gasteiger partial charge in [0.05, 0.1) is 11.9 Å². The van der Waals surface area contributed by atoms with Gasteiger partial charge in [0, 0.05) is 17.8 Å². The smallest absolute Gasteiger partial charge is 0.255 e. The summed E-state index contributed by atoms with van der Waals surface area (Å²) in [5.41, 5.74) is 4.07. The molecule has 0 radical (unpaired) electrons. The lowest BCUT2D eigenvalue weighted by molar-refractivity contribution is 0.102. The maximum atomic E-state index is 12.8. The van der Waals surface area contributed by atoms with Crippen LogP contribution in [0.3, 0.4) is 0 Å². The van der Waals surface area contributed by atoms with Crippen LogP contribution in [0.4, 0.5) is 11.4 Å². The van der Waals surface area contributed by atoms with E-state index in [1.807, 2.05) is 30.3 Å². The van der Waals surface area contributed by atoms with Gasteiger partial charge < -0.3 is 5.32 Å². The lowest BCUT2D eigenvalue weighted by Crippen LogP contribution is -2.34. The number of rotatable bonds is 5. The Morgan fingerprint density at radius 1 is 1.22 bits per heavy atom. The number of benzene rings is 2. The second-order valence-electron chi connectivity index (χ2n) is 7.13. The van der Waals surface area contributed by atoms with Crippen LogP contribution in [0.1, 0.15) is 54.1 Å². The van der Waals surface area contributed by atoms with E-state index in [-0.39, 0.29) is 5.91 Å². The molecule has 0 spiro atoms. The monoisotopic (exact) mass is 386 g/mol. The molecule has 0 aromatic heterocycles. The zero-order chi connectivity index (χ0) is 19.6. The van der Waals surface area contributed by atoms with Crippen molar-refractivity contribution in [2.75, 3.05) is 22.4 Å². The molecule has 2 aromatic carbocycles. The molecule has 3 rings (SSSR count). The summed E-state index contributed by atoms with van der Waals surface area (Å²) in [6.07, 6.45) is 3.73. The molecule has 5 nitrogen and oxygen atoms in total. The molecule has 1 atom stereocenters. The number of hydrogen-bond donors (Lipinski definition) is 1. The highest BCUT2D eigenvalue weighted by Crippen LogP contribution is 2.31. The van der Waals surface area contributed by atoms with Gasteiger partial charge in [-0.3, -0.25) is 9.10 Å². The molecular weight excluding hydrogens is 360 g/mol. The Labute approximate surface area is 161 Å². The normalized spacial score (nSPS) is 15.1. The predicted octanol–water partition coefficient (Wildman–Crippen LogP) is 4.16. The molecule has 1 heterocycles. The minimum absolute atomic E-state index is 0.176. The van der Waals surface area contributed by atoms with Crippen molar-refractivity contribution in [2.24, 2.45) is 0 Å². The first kappa shape index (κ1) is 19.4. The minimum atomic E-state index is -3.31. The number of amides is 1. The number of nitrogens with one attached hydrogen (secondary N) is 1. The van der Waals surface area contributed by atoms with Gasteiger partial charge in [-0.25, -0.2) is 8.42 Å². The standard InChI is InChI=1S/C21H26N2O3S/c1-4-15(2)18-9-5-6-10-19(18)22-21(24)17-11-12-20-16(14-17)8-7-13-23(20)27(3,25)26/h5-6,9-12,14-15H,4,7-8,13H2,1-3H3,(H,22,24)/t15-/m0/s1. The minimum Gasteiger partial charge on any atom is -0.322 e. The topological polar surface area (TPSA) is 66.5 Å². The van der Waals surface area contributed by atoms with Crippen molar-refractivity contribution in [3.63, 3.8) is 0 Å². The lowest BCUT2D eigenvalue weighted by atomic mass is 9.96. The van der Waals surface area contributed by atoms with E-state index in [4.69, 9.17) is 0 Å². The van der Waals surface area contributed by atoms with E-state index in [9.17, 15) is 13.2 Å². The van der Waals surface area contributed by atoms with Crippen molar-refractivity contribution in [3.05, 3.63) is 59.2 Å². The number of fused-ring (bicyclic) bond motifs is 1. The zero-order valence-corrected chi connectivity index (χ0v) is 16.8. The van der Waals surface area contributed by atoms with Crippen molar-refractivity contribution < 1.29 is 13.2 Å². The van der Waals surface area contributed by atoms with E-state index in [0.29, 0.717) is 23.7 Å². The van der Waals surface area contributed by atoms with Crippen molar-refractivity contribution in [2.45, 2.75) is 39.0 Å². The SMILES string of the molecule is CC[C@H](C)c1ccccc1NC(=O)c1ccc2c(c1)CCCN2S(C)(=O)=O. The Kier molecular flexibility index (Phi) is 5.56. The number of carbonyl (C=O) groups is 1. The lowest BCUT2D eigenvalue weighted by Gasteiger charge is -2.29. The molecule has 6 heteroatoms. The molecule has 0 unspecified atom stereocenters. The van der Waals surface area contributed by atoms with Crippen LogP contribution in [0.15, 0.2) is 42.5 Å². The molecule has 1 N–H and O–H groups in total. The zero-order valence-electron chi connectivity index (χ0n) is 16.0. The molecular formula is C21H26N2O3S. The fraction of sp³-hybridized carbons (Fsp3) is 0.381. The maximum absolute atomic E-state index is 12.8. The Balaban J connectivity index is 1.88. The molecule has 1 aliphatic rings. The quantitative estimate of drug-likeness (QED) is 0.839. The average Bonchev–Trinajstić information content (AvgIpc) is 2.66. The molecule has 0 fully saturated rings. The number of aryl methyl sites for hydroxylation is 1. The van der Waals surface area contributed by atoms with Crippen LogP contribution >= 0.6 is 0 Å². The third kappa shape index (κ3) is 4.16. The summed E-state index contributed by atoms with van der Waals surface area (Å²) in [5.74, 6) is 0.179. The summed E-state index contributed by atoms with van der Waals surface area (Å²) in [7, 11) is -3.31. The van der Waals surface area contributed by atoms with Crippen LogP contribution in [0.25, 0.3) is 0 Å². The number of hydrogen-bond acceptors (Lipinski definition) is 3. The number of sulfonamides is 1. The Morgan fingerprint density at radius 2 is 1.96 bits per heavy atom. The molecule has 0 saturated heterocycles. The number of carbonyl (C=O) groups excluding carboxylic acids is 1. The van der Waals surface area contributed by atoms with Gasteiger partial charge in [-0.2, -0.15) is 0 Å². The van der Waals surface area contributed by atoms with Gasteiger partial charge in [-0.05, 0) is 60.6 Å². The van der Waals surface area contributed by atoms with E-state index < -0.39 is 10.0 Å². The Morgan fingerprint density at radius 3 is 2.67 bits per heavy atom. The third-order valence-corrected chi connectivity index (χ3v) is 6.35. The molecule has 0 bridgehead atoms. The van der Waals surface area contributed by atoms with E-state index in [2.05, 4.69) is 19.2 Å². The summed E-state index contributed by atoms with van der Waals surface area (Å²) in [6, 6.07) is 13.1. The number of anilines is 2. The molecule has 144 valence electrons. The summed E-state index contributed by atoms with van der Waals surface area (Å²) in [6.45, 7) is 4.75. The number of para-hydroxylation sites is 1. The molecule has 27 heavy (non-hydrogen) atoms. The molecule has 1 amide bonds. The Bertz CT molecular complexity index is 954. The largest absolute Gasteiger partial charge is 0.322 e. The molecule has 2 aromatic rings. The van der Waals surface area contributed by atoms with E-state index in [1.165, 1.54) is 10.6 Å². The summed E-state index contributed by atoms with van der Waals surface area (Å²) in [5, 5.41) is 3.02. The van der Waals surface area contributed by atoms with Crippen molar-refractivity contribution in [1.82, 2.24) is 0 Å². The van der Waals surface area contributed by atoms with Gasteiger partial charge in [-0.1, -0.05) is 32.0 Å². The van der Waals surface area contributed by atoms with E-state index in [1.54, 1.807) is 12.1 Å². The van der Waals surface area contributed by atoms with Crippen LogP contribution in [0.5, 0.6) is 0 Å². The number of nitrogens with zero attached hydrogens (tertiary/aromatic N) is 1. The highest BCUT2D eigenvalue weighted by Gasteiger charge is 2.24. The van der Waals surface area contributed by atoms with Crippen LogP contribution in [0.2, 0.25) is 0 Å². The van der Waals surface area contributed by atoms with Crippen LogP contribution < -0.4 is 9.62 Å². The Hall–Kier alpha value is -2.34. The molecule has 0 aliphatic carbocycles. The third-order valence-electron chi connectivity index (χ3n) is 5.17. The second kappa shape index (κ2) is 7.72. The molecule has 1 aliphatic heterocycles. The highest BCUT2D eigenvalue weighted by atomic mass is 32.2. The highest BCUT2D eigenvalue weighted by molar-refractivity contribution is 7.92. The molecule has 0 saturated carbocycles. The maximum Gasteiger partial charge on any atom is 0.255 e. The van der Waals surface area contributed by atoms with Crippen LogP contribution in [0, 0.1) is 0 Å². The van der Waals surface area contributed by atoms with Crippen molar-refractivity contribution in [1.29, 1.82) is 0 Å². The van der Waals surface area contributed by atoms with Crippen molar-refractivity contribution in [3.8, 4) is 0 Å². The van der Waals surface area contributed by atoms with Gasteiger partial charge in [-0.15, -0.1) is 0 Å². The first-order valence-electron chi connectivity index (χ1n) is 9.32. The fourth-order valence-corrected chi connectivity index (χ4v) is 4.50.